The topological polar surface area (TPSA) is 26.3 Å². The molecule has 68 valence electrons. The van der Waals surface area contributed by atoms with Gasteiger partial charge in [-0.2, -0.15) is 0 Å². The minimum Gasteiger partial charge on any atom is -0.450 e. The van der Waals surface area contributed by atoms with Gasteiger partial charge >= 0.3 is 5.97 Å². The smallest absolute Gasteiger partial charge is 0.384 e. The quantitative estimate of drug-likeness (QED) is 0.342. The van der Waals surface area contributed by atoms with Crippen LogP contribution in [0.25, 0.3) is 0 Å². The fourth-order valence-corrected chi connectivity index (χ4v) is 1.12. The van der Waals surface area contributed by atoms with E-state index in [-0.39, 0.29) is 12.0 Å². The van der Waals surface area contributed by atoms with E-state index in [0.717, 1.165) is 12.8 Å². The third-order valence-electron chi connectivity index (χ3n) is 1.80. The minimum absolute atomic E-state index is 0.0948. The maximum Gasteiger partial charge on any atom is 0.384 e. The van der Waals surface area contributed by atoms with Gasteiger partial charge in [-0.25, -0.2) is 4.79 Å². The van der Waals surface area contributed by atoms with Crippen LogP contribution < -0.4 is 0 Å². The van der Waals surface area contributed by atoms with Crippen molar-refractivity contribution in [1.82, 2.24) is 0 Å². The van der Waals surface area contributed by atoms with Crippen molar-refractivity contribution in [2.45, 2.75) is 32.8 Å². The summed E-state index contributed by atoms with van der Waals surface area (Å²) in [5, 5.41) is 0. The second kappa shape index (κ2) is 4.58. The highest BCUT2D eigenvalue weighted by molar-refractivity contribution is 5.89. The Labute approximate surface area is 78.7 Å². The molecule has 0 spiro atoms. The summed E-state index contributed by atoms with van der Waals surface area (Å²) in [6.07, 6.45) is 1.43. The molecule has 2 heteroatoms. The van der Waals surface area contributed by atoms with Gasteiger partial charge in [-0.1, -0.05) is 25.7 Å². The molecule has 0 saturated carbocycles. The lowest BCUT2D eigenvalue weighted by atomic mass is 10.00. The van der Waals surface area contributed by atoms with Crippen molar-refractivity contribution in [3.8, 4) is 23.7 Å². The van der Waals surface area contributed by atoms with E-state index in [0.29, 0.717) is 0 Å². The van der Waals surface area contributed by atoms with Gasteiger partial charge in [0.1, 0.15) is 12.0 Å². The SMILES string of the molecule is CCC#CC1C#CC(=O)OC1CC. The Kier molecular flexibility index (Phi) is 3.41. The van der Waals surface area contributed by atoms with Gasteiger partial charge in [0, 0.05) is 12.3 Å². The lowest BCUT2D eigenvalue weighted by Crippen LogP contribution is -2.27. The second-order valence-electron chi connectivity index (χ2n) is 2.77. The van der Waals surface area contributed by atoms with Gasteiger partial charge in [0.25, 0.3) is 0 Å². The predicted molar refractivity (Wildman–Crippen MR) is 49.5 cm³/mol. The van der Waals surface area contributed by atoms with E-state index < -0.39 is 5.97 Å². The van der Waals surface area contributed by atoms with Gasteiger partial charge in [0.05, 0.1) is 0 Å². The number of ether oxygens (including phenoxy) is 1. The van der Waals surface area contributed by atoms with Gasteiger partial charge in [-0.15, -0.1) is 5.92 Å². The zero-order valence-electron chi connectivity index (χ0n) is 7.89. The summed E-state index contributed by atoms with van der Waals surface area (Å²) in [6.45, 7) is 3.95. The summed E-state index contributed by atoms with van der Waals surface area (Å²) in [6, 6.07) is 0. The summed E-state index contributed by atoms with van der Waals surface area (Å²) in [5.41, 5.74) is 0. The first-order valence-electron chi connectivity index (χ1n) is 4.48. The number of carbonyl (C=O) groups excluding carboxylic acids is 1. The van der Waals surface area contributed by atoms with E-state index in [1.807, 2.05) is 13.8 Å². The normalized spacial score (nSPS) is 24.9. The van der Waals surface area contributed by atoms with Gasteiger partial charge in [0.2, 0.25) is 0 Å². The molecule has 0 amide bonds. The molecule has 0 bridgehead atoms. The Balaban J connectivity index is 2.76. The second-order valence-corrected chi connectivity index (χ2v) is 2.77. The first kappa shape index (κ1) is 9.68. The van der Waals surface area contributed by atoms with Gasteiger partial charge in [0.15, 0.2) is 0 Å². The van der Waals surface area contributed by atoms with Crippen molar-refractivity contribution >= 4 is 5.97 Å². The molecule has 1 heterocycles. The van der Waals surface area contributed by atoms with Crippen LogP contribution in [-0.2, 0) is 9.53 Å². The van der Waals surface area contributed by atoms with Crippen LogP contribution in [0.1, 0.15) is 26.7 Å². The average molecular weight is 176 g/mol. The first-order chi connectivity index (χ1) is 6.27. The number of esters is 1. The molecule has 2 nitrogen and oxygen atoms in total. The molecule has 0 saturated heterocycles. The zero-order valence-corrected chi connectivity index (χ0v) is 7.89. The van der Waals surface area contributed by atoms with Crippen LogP contribution >= 0.6 is 0 Å². The van der Waals surface area contributed by atoms with Crippen molar-refractivity contribution in [3.05, 3.63) is 0 Å². The number of rotatable bonds is 1. The molecule has 2 atom stereocenters. The van der Waals surface area contributed by atoms with Crippen LogP contribution in [0, 0.1) is 29.6 Å². The Bertz CT molecular complexity index is 308. The van der Waals surface area contributed by atoms with Gasteiger partial charge in [-0.05, 0) is 6.42 Å². The third-order valence-corrected chi connectivity index (χ3v) is 1.80. The van der Waals surface area contributed by atoms with Crippen LogP contribution in [0.5, 0.6) is 0 Å². The Hall–Kier alpha value is -1.41. The molecule has 0 radical (unpaired) electrons. The van der Waals surface area contributed by atoms with E-state index in [4.69, 9.17) is 4.74 Å². The fraction of sp³-hybridized carbons (Fsp3) is 0.545. The lowest BCUT2D eigenvalue weighted by molar-refractivity contribution is -0.143. The molecule has 1 aliphatic rings. The van der Waals surface area contributed by atoms with Gasteiger partial charge in [-0.3, -0.25) is 0 Å². The van der Waals surface area contributed by atoms with Crippen LogP contribution in [0.4, 0.5) is 0 Å². The molecule has 13 heavy (non-hydrogen) atoms. The molecule has 0 aromatic carbocycles. The summed E-state index contributed by atoms with van der Waals surface area (Å²) in [5.74, 6) is 10.6. The molecule has 2 unspecified atom stereocenters. The molecule has 1 aliphatic heterocycles. The van der Waals surface area contributed by atoms with Crippen molar-refractivity contribution in [2.75, 3.05) is 0 Å². The number of hydrogen-bond acceptors (Lipinski definition) is 2. The monoisotopic (exact) mass is 176 g/mol. The lowest BCUT2D eigenvalue weighted by Gasteiger charge is -2.19. The molecule has 0 aliphatic carbocycles. The van der Waals surface area contributed by atoms with E-state index in [1.54, 1.807) is 0 Å². The summed E-state index contributed by atoms with van der Waals surface area (Å²) >= 11 is 0. The van der Waals surface area contributed by atoms with Gasteiger partial charge < -0.3 is 4.74 Å². The van der Waals surface area contributed by atoms with Crippen LogP contribution in [0.15, 0.2) is 0 Å². The Morgan fingerprint density at radius 3 is 2.92 bits per heavy atom. The van der Waals surface area contributed by atoms with E-state index in [9.17, 15) is 4.79 Å². The molecular formula is C11H12O2. The molecule has 0 fully saturated rings. The molecule has 0 aromatic heterocycles. The fourth-order valence-electron chi connectivity index (χ4n) is 1.12. The molecule has 1 rings (SSSR count). The first-order valence-corrected chi connectivity index (χ1v) is 4.48. The highest BCUT2D eigenvalue weighted by atomic mass is 16.5. The number of cyclic esters (lactones) is 1. The molecular weight excluding hydrogens is 164 g/mol. The molecule has 0 aromatic rings. The van der Waals surface area contributed by atoms with Crippen LogP contribution in [-0.4, -0.2) is 12.1 Å². The summed E-state index contributed by atoms with van der Waals surface area (Å²) < 4.78 is 5.03. The number of carbonyl (C=O) groups is 1. The maximum absolute atomic E-state index is 10.8. The van der Waals surface area contributed by atoms with E-state index in [2.05, 4.69) is 23.7 Å². The minimum atomic E-state index is -0.429. The van der Waals surface area contributed by atoms with Crippen molar-refractivity contribution in [3.63, 3.8) is 0 Å². The largest absolute Gasteiger partial charge is 0.450 e. The highest BCUT2D eigenvalue weighted by Gasteiger charge is 2.23. The predicted octanol–water partition coefficient (Wildman–Crippen LogP) is 1.35. The van der Waals surface area contributed by atoms with Crippen molar-refractivity contribution in [1.29, 1.82) is 0 Å². The zero-order chi connectivity index (χ0) is 9.68. The van der Waals surface area contributed by atoms with Crippen molar-refractivity contribution in [2.24, 2.45) is 5.92 Å². The Morgan fingerprint density at radius 2 is 2.31 bits per heavy atom. The Morgan fingerprint density at radius 1 is 1.54 bits per heavy atom. The highest BCUT2D eigenvalue weighted by Crippen LogP contribution is 2.13. The number of hydrogen-bond donors (Lipinski definition) is 0. The van der Waals surface area contributed by atoms with E-state index >= 15 is 0 Å². The van der Waals surface area contributed by atoms with Crippen LogP contribution in [0.3, 0.4) is 0 Å². The average Bonchev–Trinajstić information content (AvgIpc) is 2.16. The van der Waals surface area contributed by atoms with Crippen LogP contribution in [0.2, 0.25) is 0 Å². The third kappa shape index (κ3) is 2.53. The van der Waals surface area contributed by atoms with Crippen molar-refractivity contribution < 1.29 is 9.53 Å². The molecule has 0 N–H and O–H groups in total. The standard InChI is InChI=1S/C11H12O2/c1-3-5-6-9-7-8-11(12)13-10(9)4-2/h9-10H,3-4H2,1-2H3. The maximum atomic E-state index is 10.8. The summed E-state index contributed by atoms with van der Waals surface area (Å²) in [7, 11) is 0. The van der Waals surface area contributed by atoms with E-state index in [1.165, 1.54) is 0 Å². The summed E-state index contributed by atoms with van der Waals surface area (Å²) in [4.78, 5) is 10.8.